The van der Waals surface area contributed by atoms with E-state index in [1.807, 2.05) is 6.07 Å². The van der Waals surface area contributed by atoms with Gasteiger partial charge in [0.2, 0.25) is 0 Å². The SMILES string of the molecule is C[C@@H](OC(=O)c1cc2c(s1)CCC2)C(=O)Nc1cccc(Cl)c1. The van der Waals surface area contributed by atoms with Crippen LogP contribution in [0.15, 0.2) is 30.3 Å². The van der Waals surface area contributed by atoms with Crippen molar-refractivity contribution in [1.29, 1.82) is 0 Å². The molecule has 3 rings (SSSR count). The smallest absolute Gasteiger partial charge is 0.349 e. The first kappa shape index (κ1) is 16.0. The Morgan fingerprint density at radius 3 is 2.87 bits per heavy atom. The maximum absolute atomic E-state index is 12.2. The minimum atomic E-state index is -0.876. The first-order valence-corrected chi connectivity index (χ1v) is 8.61. The molecule has 4 nitrogen and oxygen atoms in total. The molecule has 0 radical (unpaired) electrons. The van der Waals surface area contributed by atoms with Crippen LogP contribution in [-0.4, -0.2) is 18.0 Å². The van der Waals surface area contributed by atoms with Crippen molar-refractivity contribution in [2.45, 2.75) is 32.3 Å². The van der Waals surface area contributed by atoms with Gasteiger partial charge in [0.05, 0.1) is 0 Å². The molecule has 120 valence electrons. The quantitative estimate of drug-likeness (QED) is 0.846. The van der Waals surface area contributed by atoms with Gasteiger partial charge in [-0.05, 0) is 56.0 Å². The van der Waals surface area contributed by atoms with E-state index in [2.05, 4.69) is 5.32 Å². The number of thiophene rings is 1. The van der Waals surface area contributed by atoms with E-state index in [0.29, 0.717) is 15.6 Å². The standard InChI is InChI=1S/C17H16ClNO3S/c1-10(16(20)19-13-6-3-5-12(18)9-13)22-17(21)15-8-11-4-2-7-14(11)23-15/h3,5-6,8-10H,2,4,7H2,1H3,(H,19,20)/t10-/m1/s1. The van der Waals surface area contributed by atoms with E-state index in [0.717, 1.165) is 19.3 Å². The van der Waals surface area contributed by atoms with Crippen LogP contribution in [-0.2, 0) is 22.4 Å². The van der Waals surface area contributed by atoms with E-state index >= 15 is 0 Å². The average Bonchev–Trinajstić information content (AvgIpc) is 3.08. The molecule has 1 aliphatic rings. The van der Waals surface area contributed by atoms with Gasteiger partial charge in [0, 0.05) is 15.6 Å². The number of esters is 1. The largest absolute Gasteiger partial charge is 0.448 e. The molecule has 1 aromatic heterocycles. The molecule has 1 aliphatic carbocycles. The highest BCUT2D eigenvalue weighted by molar-refractivity contribution is 7.14. The fourth-order valence-corrected chi connectivity index (χ4v) is 3.84. The summed E-state index contributed by atoms with van der Waals surface area (Å²) in [5, 5.41) is 3.21. The second kappa shape index (κ2) is 6.72. The third-order valence-corrected chi connectivity index (χ3v) is 5.15. The number of aryl methyl sites for hydroxylation is 2. The number of carbonyl (C=O) groups excluding carboxylic acids is 2. The fourth-order valence-electron chi connectivity index (χ4n) is 2.51. The Balaban J connectivity index is 1.60. The summed E-state index contributed by atoms with van der Waals surface area (Å²) in [6.45, 7) is 1.55. The van der Waals surface area contributed by atoms with Crippen molar-refractivity contribution in [2.24, 2.45) is 0 Å². The number of hydrogen-bond donors (Lipinski definition) is 1. The van der Waals surface area contributed by atoms with Gasteiger partial charge in [0.15, 0.2) is 6.10 Å². The predicted molar refractivity (Wildman–Crippen MR) is 91.3 cm³/mol. The fraction of sp³-hybridized carbons (Fsp3) is 0.294. The van der Waals surface area contributed by atoms with E-state index in [1.54, 1.807) is 31.2 Å². The van der Waals surface area contributed by atoms with Crippen LogP contribution in [0.2, 0.25) is 5.02 Å². The first-order chi connectivity index (χ1) is 11.0. The molecular weight excluding hydrogens is 334 g/mol. The molecule has 0 spiro atoms. The molecule has 23 heavy (non-hydrogen) atoms. The number of fused-ring (bicyclic) bond motifs is 1. The van der Waals surface area contributed by atoms with Gasteiger partial charge in [-0.15, -0.1) is 11.3 Å². The normalized spacial score (nSPS) is 14.2. The lowest BCUT2D eigenvalue weighted by Gasteiger charge is -2.13. The Bertz CT molecular complexity index is 735. The van der Waals surface area contributed by atoms with Crippen LogP contribution < -0.4 is 5.32 Å². The van der Waals surface area contributed by atoms with Gasteiger partial charge in [-0.3, -0.25) is 4.79 Å². The zero-order valence-corrected chi connectivity index (χ0v) is 14.2. The molecule has 0 saturated heterocycles. The van der Waals surface area contributed by atoms with Gasteiger partial charge in [-0.2, -0.15) is 0 Å². The molecule has 0 bridgehead atoms. The number of anilines is 1. The molecule has 1 N–H and O–H groups in total. The Hall–Kier alpha value is -1.85. The summed E-state index contributed by atoms with van der Waals surface area (Å²) in [6, 6.07) is 8.70. The van der Waals surface area contributed by atoms with Crippen LogP contribution in [0.4, 0.5) is 5.69 Å². The lowest BCUT2D eigenvalue weighted by atomic mass is 10.2. The molecule has 0 fully saturated rings. The van der Waals surface area contributed by atoms with Gasteiger partial charge in [-0.25, -0.2) is 4.79 Å². The molecule has 2 aromatic rings. The number of nitrogens with one attached hydrogen (secondary N) is 1. The number of ether oxygens (including phenoxy) is 1. The molecule has 6 heteroatoms. The topological polar surface area (TPSA) is 55.4 Å². The first-order valence-electron chi connectivity index (χ1n) is 7.42. The van der Waals surface area contributed by atoms with Crippen LogP contribution in [0.3, 0.4) is 0 Å². The Kier molecular flexibility index (Phi) is 4.68. The summed E-state index contributed by atoms with van der Waals surface area (Å²) in [4.78, 5) is 26.1. The zero-order chi connectivity index (χ0) is 16.4. The summed E-state index contributed by atoms with van der Waals surface area (Å²) in [6.07, 6.45) is 2.31. The monoisotopic (exact) mass is 349 g/mol. The average molecular weight is 350 g/mol. The second-order valence-electron chi connectivity index (χ2n) is 5.46. The minimum Gasteiger partial charge on any atom is -0.448 e. The molecule has 1 amide bonds. The summed E-state index contributed by atoms with van der Waals surface area (Å²) in [5.41, 5.74) is 1.80. The second-order valence-corrected chi connectivity index (χ2v) is 7.03. The maximum Gasteiger partial charge on any atom is 0.349 e. The predicted octanol–water partition coefficient (Wildman–Crippen LogP) is 4.07. The van der Waals surface area contributed by atoms with Crippen LogP contribution in [0, 0.1) is 0 Å². The molecule has 1 atom stereocenters. The van der Waals surface area contributed by atoms with Gasteiger partial charge in [-0.1, -0.05) is 17.7 Å². The molecule has 0 saturated carbocycles. The number of rotatable bonds is 4. The highest BCUT2D eigenvalue weighted by Crippen LogP contribution is 2.31. The van der Waals surface area contributed by atoms with Crippen molar-refractivity contribution in [3.8, 4) is 0 Å². The van der Waals surface area contributed by atoms with E-state index in [-0.39, 0.29) is 5.91 Å². The van der Waals surface area contributed by atoms with Gasteiger partial charge in [0.1, 0.15) is 4.88 Å². The van der Waals surface area contributed by atoms with E-state index in [9.17, 15) is 9.59 Å². The molecule has 0 unspecified atom stereocenters. The van der Waals surface area contributed by atoms with E-state index in [4.69, 9.17) is 16.3 Å². The lowest BCUT2D eigenvalue weighted by Crippen LogP contribution is -2.29. The van der Waals surface area contributed by atoms with E-state index in [1.165, 1.54) is 21.8 Å². The number of hydrogen-bond acceptors (Lipinski definition) is 4. The third kappa shape index (κ3) is 3.74. The molecule has 0 aliphatic heterocycles. The molecular formula is C17H16ClNO3S. The Morgan fingerprint density at radius 2 is 2.13 bits per heavy atom. The van der Waals surface area contributed by atoms with Crippen molar-refractivity contribution in [3.05, 3.63) is 50.7 Å². The van der Waals surface area contributed by atoms with Crippen molar-refractivity contribution in [1.82, 2.24) is 0 Å². The van der Waals surface area contributed by atoms with Crippen molar-refractivity contribution in [2.75, 3.05) is 5.32 Å². The summed E-state index contributed by atoms with van der Waals surface area (Å²) in [5.74, 6) is -0.831. The van der Waals surface area contributed by atoms with Crippen LogP contribution >= 0.6 is 22.9 Å². The van der Waals surface area contributed by atoms with Gasteiger partial charge >= 0.3 is 5.97 Å². The Labute approximate surface area is 143 Å². The van der Waals surface area contributed by atoms with E-state index < -0.39 is 12.1 Å². The highest BCUT2D eigenvalue weighted by atomic mass is 35.5. The number of halogens is 1. The highest BCUT2D eigenvalue weighted by Gasteiger charge is 2.23. The minimum absolute atomic E-state index is 0.385. The van der Waals surface area contributed by atoms with Crippen molar-refractivity contribution in [3.63, 3.8) is 0 Å². The van der Waals surface area contributed by atoms with Gasteiger partial charge < -0.3 is 10.1 Å². The number of carbonyl (C=O) groups is 2. The Morgan fingerprint density at radius 1 is 1.30 bits per heavy atom. The molecule has 1 heterocycles. The third-order valence-electron chi connectivity index (χ3n) is 3.69. The number of amides is 1. The van der Waals surface area contributed by atoms with Gasteiger partial charge in [0.25, 0.3) is 5.91 Å². The zero-order valence-electron chi connectivity index (χ0n) is 12.6. The van der Waals surface area contributed by atoms with Crippen LogP contribution in [0.25, 0.3) is 0 Å². The summed E-state index contributed by atoms with van der Waals surface area (Å²) in [7, 11) is 0. The summed E-state index contributed by atoms with van der Waals surface area (Å²) < 4.78 is 5.26. The van der Waals surface area contributed by atoms with Crippen LogP contribution in [0.1, 0.15) is 33.5 Å². The molecule has 1 aromatic carbocycles. The maximum atomic E-state index is 12.2. The van der Waals surface area contributed by atoms with Crippen molar-refractivity contribution >= 4 is 40.5 Å². The lowest BCUT2D eigenvalue weighted by molar-refractivity contribution is -0.123. The number of benzene rings is 1. The summed E-state index contributed by atoms with van der Waals surface area (Å²) >= 11 is 7.34. The van der Waals surface area contributed by atoms with Crippen LogP contribution in [0.5, 0.6) is 0 Å². The van der Waals surface area contributed by atoms with Crippen molar-refractivity contribution < 1.29 is 14.3 Å².